The summed E-state index contributed by atoms with van der Waals surface area (Å²) in [7, 11) is 1.60. The van der Waals surface area contributed by atoms with E-state index in [4.69, 9.17) is 4.74 Å². The second-order valence-electron chi connectivity index (χ2n) is 5.49. The van der Waals surface area contributed by atoms with Crippen molar-refractivity contribution >= 4 is 11.8 Å². The average molecular weight is 344 g/mol. The number of hydrogen-bond donors (Lipinski definition) is 1. The van der Waals surface area contributed by atoms with E-state index in [1.165, 1.54) is 17.0 Å². The number of para-hydroxylation sites is 1. The van der Waals surface area contributed by atoms with Gasteiger partial charge < -0.3 is 15.0 Å². The van der Waals surface area contributed by atoms with Crippen molar-refractivity contribution < 1.29 is 18.7 Å². The second kappa shape index (κ2) is 8.82. The van der Waals surface area contributed by atoms with Gasteiger partial charge in [0.2, 0.25) is 5.91 Å². The zero-order valence-electron chi connectivity index (χ0n) is 14.3. The van der Waals surface area contributed by atoms with Crippen LogP contribution in [0.4, 0.5) is 4.39 Å². The smallest absolute Gasteiger partial charge is 0.255 e. The lowest BCUT2D eigenvalue weighted by Gasteiger charge is -2.18. The molecule has 0 aliphatic carbocycles. The zero-order valence-corrected chi connectivity index (χ0v) is 14.3. The van der Waals surface area contributed by atoms with Gasteiger partial charge in [0.25, 0.3) is 5.91 Å². The third-order valence-corrected chi connectivity index (χ3v) is 3.57. The van der Waals surface area contributed by atoms with E-state index in [1.54, 1.807) is 43.4 Å². The first-order valence-corrected chi connectivity index (χ1v) is 7.99. The molecule has 0 aliphatic heterocycles. The number of nitrogens with one attached hydrogen (secondary N) is 1. The molecule has 0 saturated carbocycles. The van der Waals surface area contributed by atoms with Gasteiger partial charge in [-0.05, 0) is 36.8 Å². The van der Waals surface area contributed by atoms with Crippen LogP contribution < -0.4 is 10.1 Å². The number of carbonyl (C=O) groups is 2. The molecule has 2 rings (SSSR count). The summed E-state index contributed by atoms with van der Waals surface area (Å²) in [5.41, 5.74) is 1.06. The minimum atomic E-state index is -0.378. The third-order valence-electron chi connectivity index (χ3n) is 3.57. The van der Waals surface area contributed by atoms with Crippen LogP contribution in [0.3, 0.4) is 0 Å². The van der Waals surface area contributed by atoms with Crippen LogP contribution in [-0.4, -0.2) is 36.9 Å². The van der Waals surface area contributed by atoms with E-state index in [0.29, 0.717) is 23.5 Å². The van der Waals surface area contributed by atoms with Gasteiger partial charge in [0.15, 0.2) is 0 Å². The SMILES string of the molecule is CCOc1ccccc1C(=O)NCC(=O)N(C)Cc1cccc(F)c1. The monoisotopic (exact) mass is 344 g/mol. The van der Waals surface area contributed by atoms with Gasteiger partial charge in [-0.1, -0.05) is 24.3 Å². The average Bonchev–Trinajstić information content (AvgIpc) is 2.60. The first-order valence-electron chi connectivity index (χ1n) is 7.99. The Morgan fingerprint density at radius 1 is 1.16 bits per heavy atom. The zero-order chi connectivity index (χ0) is 18.2. The van der Waals surface area contributed by atoms with Crippen LogP contribution in [-0.2, 0) is 11.3 Å². The first-order chi connectivity index (χ1) is 12.0. The standard InChI is InChI=1S/C19H21FN2O3/c1-3-25-17-10-5-4-9-16(17)19(24)21-12-18(23)22(2)13-14-7-6-8-15(20)11-14/h4-11H,3,12-13H2,1-2H3,(H,21,24). The maximum absolute atomic E-state index is 13.2. The van der Waals surface area contributed by atoms with Crippen LogP contribution in [0.1, 0.15) is 22.8 Å². The summed E-state index contributed by atoms with van der Waals surface area (Å²) in [4.78, 5) is 25.9. The number of hydrogen-bond acceptors (Lipinski definition) is 3. The van der Waals surface area contributed by atoms with Crippen molar-refractivity contribution in [3.05, 3.63) is 65.5 Å². The maximum Gasteiger partial charge on any atom is 0.255 e. The molecule has 0 unspecified atom stereocenters. The molecule has 6 heteroatoms. The molecule has 2 amide bonds. The summed E-state index contributed by atoms with van der Waals surface area (Å²) < 4.78 is 18.6. The first kappa shape index (κ1) is 18.4. The molecule has 0 bridgehead atoms. The number of benzene rings is 2. The number of amides is 2. The molecular weight excluding hydrogens is 323 g/mol. The van der Waals surface area contributed by atoms with Gasteiger partial charge in [-0.3, -0.25) is 9.59 Å². The molecule has 0 aliphatic rings. The molecule has 2 aromatic carbocycles. The van der Waals surface area contributed by atoms with E-state index in [1.807, 2.05) is 6.92 Å². The van der Waals surface area contributed by atoms with Crippen LogP contribution in [0.5, 0.6) is 5.75 Å². The van der Waals surface area contributed by atoms with E-state index < -0.39 is 0 Å². The topological polar surface area (TPSA) is 58.6 Å². The lowest BCUT2D eigenvalue weighted by Crippen LogP contribution is -2.37. The molecule has 0 heterocycles. The van der Waals surface area contributed by atoms with Gasteiger partial charge in [-0.2, -0.15) is 0 Å². The highest BCUT2D eigenvalue weighted by Gasteiger charge is 2.15. The van der Waals surface area contributed by atoms with E-state index in [-0.39, 0.29) is 30.7 Å². The van der Waals surface area contributed by atoms with Crippen LogP contribution in [0.2, 0.25) is 0 Å². The van der Waals surface area contributed by atoms with Gasteiger partial charge in [0.05, 0.1) is 18.7 Å². The quantitative estimate of drug-likeness (QED) is 0.840. The van der Waals surface area contributed by atoms with Gasteiger partial charge >= 0.3 is 0 Å². The minimum Gasteiger partial charge on any atom is -0.493 e. The molecule has 0 atom stereocenters. The molecule has 0 spiro atoms. The molecule has 0 radical (unpaired) electrons. The molecule has 0 saturated heterocycles. The maximum atomic E-state index is 13.2. The van der Waals surface area contributed by atoms with Crippen molar-refractivity contribution in [3.8, 4) is 5.75 Å². The predicted molar refractivity (Wildman–Crippen MR) is 92.8 cm³/mol. The van der Waals surface area contributed by atoms with Crippen molar-refractivity contribution in [3.63, 3.8) is 0 Å². The molecule has 0 aromatic heterocycles. The number of carbonyl (C=O) groups excluding carboxylic acids is 2. The lowest BCUT2D eigenvalue weighted by molar-refractivity contribution is -0.129. The molecule has 5 nitrogen and oxygen atoms in total. The number of rotatable bonds is 7. The lowest BCUT2D eigenvalue weighted by atomic mass is 10.2. The number of nitrogens with zero attached hydrogens (tertiary/aromatic N) is 1. The van der Waals surface area contributed by atoms with Crippen LogP contribution in [0, 0.1) is 5.82 Å². The minimum absolute atomic E-state index is 0.148. The van der Waals surface area contributed by atoms with Crippen molar-refractivity contribution in [1.29, 1.82) is 0 Å². The Kier molecular flexibility index (Phi) is 6.51. The number of ether oxygens (including phenoxy) is 1. The normalized spacial score (nSPS) is 10.2. The van der Waals surface area contributed by atoms with Crippen molar-refractivity contribution in [1.82, 2.24) is 10.2 Å². The fraction of sp³-hybridized carbons (Fsp3) is 0.263. The molecule has 0 fully saturated rings. The number of halogens is 1. The Morgan fingerprint density at radius 2 is 1.92 bits per heavy atom. The Bertz CT molecular complexity index is 749. The van der Waals surface area contributed by atoms with Crippen LogP contribution in [0.25, 0.3) is 0 Å². The van der Waals surface area contributed by atoms with E-state index in [9.17, 15) is 14.0 Å². The van der Waals surface area contributed by atoms with E-state index in [0.717, 1.165) is 0 Å². The highest BCUT2D eigenvalue weighted by molar-refractivity contribution is 5.98. The van der Waals surface area contributed by atoms with Crippen molar-refractivity contribution in [2.24, 2.45) is 0 Å². The predicted octanol–water partition coefficient (Wildman–Crippen LogP) is 2.61. The summed E-state index contributed by atoms with van der Waals surface area (Å²) >= 11 is 0. The molecular formula is C19H21FN2O3. The summed E-state index contributed by atoms with van der Waals surface area (Å²) in [6.07, 6.45) is 0. The van der Waals surface area contributed by atoms with Gasteiger partial charge in [0.1, 0.15) is 11.6 Å². The summed E-state index contributed by atoms with van der Waals surface area (Å²) in [5.74, 6) is -0.523. The Morgan fingerprint density at radius 3 is 2.64 bits per heavy atom. The Balaban J connectivity index is 1.91. The molecule has 25 heavy (non-hydrogen) atoms. The van der Waals surface area contributed by atoms with Crippen LogP contribution in [0.15, 0.2) is 48.5 Å². The Hall–Kier alpha value is -2.89. The fourth-order valence-corrected chi connectivity index (χ4v) is 2.32. The number of likely N-dealkylation sites (N-methyl/N-ethyl adjacent to an activating group) is 1. The summed E-state index contributed by atoms with van der Waals surface area (Å²) in [5, 5.41) is 2.59. The van der Waals surface area contributed by atoms with Gasteiger partial charge in [-0.25, -0.2) is 4.39 Å². The van der Waals surface area contributed by atoms with Gasteiger partial charge in [-0.15, -0.1) is 0 Å². The second-order valence-corrected chi connectivity index (χ2v) is 5.49. The van der Waals surface area contributed by atoms with Gasteiger partial charge in [0, 0.05) is 13.6 Å². The summed E-state index contributed by atoms with van der Waals surface area (Å²) in [6, 6.07) is 12.9. The highest BCUT2D eigenvalue weighted by atomic mass is 19.1. The Labute approximate surface area is 146 Å². The molecule has 132 valence electrons. The van der Waals surface area contributed by atoms with Crippen molar-refractivity contribution in [2.45, 2.75) is 13.5 Å². The summed E-state index contributed by atoms with van der Waals surface area (Å²) in [6.45, 7) is 2.40. The van der Waals surface area contributed by atoms with E-state index >= 15 is 0 Å². The molecule has 1 N–H and O–H groups in total. The van der Waals surface area contributed by atoms with Crippen LogP contribution >= 0.6 is 0 Å². The fourth-order valence-electron chi connectivity index (χ4n) is 2.32. The molecule has 2 aromatic rings. The largest absolute Gasteiger partial charge is 0.493 e. The van der Waals surface area contributed by atoms with Crippen molar-refractivity contribution in [2.75, 3.05) is 20.2 Å². The van der Waals surface area contributed by atoms with E-state index in [2.05, 4.69) is 5.32 Å². The highest BCUT2D eigenvalue weighted by Crippen LogP contribution is 2.17. The third kappa shape index (κ3) is 5.31.